The number of carbonyl (C=O) groups excluding carboxylic acids is 2. The minimum Gasteiger partial charge on any atom is -0.354 e. The maximum atomic E-state index is 13.0. The Kier molecular flexibility index (Phi) is 5.97. The summed E-state index contributed by atoms with van der Waals surface area (Å²) in [6, 6.07) is 17.3. The van der Waals surface area contributed by atoms with E-state index in [2.05, 4.69) is 25.9 Å². The van der Waals surface area contributed by atoms with Crippen molar-refractivity contribution in [3.05, 3.63) is 66.0 Å². The van der Waals surface area contributed by atoms with Crippen molar-refractivity contribution in [2.45, 2.75) is 44.2 Å². The molecule has 0 atom stereocenters. The zero-order valence-corrected chi connectivity index (χ0v) is 16.9. The lowest BCUT2D eigenvalue weighted by molar-refractivity contribution is -0.127. The molecule has 0 radical (unpaired) electrons. The highest BCUT2D eigenvalue weighted by Crippen LogP contribution is 2.30. The molecule has 3 amide bonds. The zero-order valence-electron chi connectivity index (χ0n) is 16.9. The number of aromatic nitrogens is 2. The lowest BCUT2D eigenvalue weighted by Gasteiger charge is -2.29. The number of para-hydroxylation sites is 2. The van der Waals surface area contributed by atoms with E-state index in [9.17, 15) is 9.59 Å². The van der Waals surface area contributed by atoms with Crippen LogP contribution in [0.3, 0.4) is 0 Å². The molecule has 1 aromatic heterocycles. The number of aromatic amines is 1. The van der Waals surface area contributed by atoms with E-state index < -0.39 is 5.54 Å². The number of H-pyrrole nitrogens is 1. The fraction of sp³-hybridized carbons (Fsp3) is 0.348. The second kappa shape index (κ2) is 8.98. The summed E-state index contributed by atoms with van der Waals surface area (Å²) in [5, 5.41) is 8.80. The molecule has 4 N–H and O–H groups in total. The Labute approximate surface area is 175 Å². The predicted molar refractivity (Wildman–Crippen MR) is 116 cm³/mol. The van der Waals surface area contributed by atoms with Crippen LogP contribution < -0.4 is 16.0 Å². The maximum Gasteiger partial charge on any atom is 0.315 e. The van der Waals surface area contributed by atoms with Crippen LogP contribution in [0.2, 0.25) is 0 Å². The Hall–Kier alpha value is -3.35. The van der Waals surface area contributed by atoms with Gasteiger partial charge >= 0.3 is 6.03 Å². The molecule has 1 fully saturated rings. The Morgan fingerprint density at radius 2 is 1.70 bits per heavy atom. The van der Waals surface area contributed by atoms with Gasteiger partial charge in [0.2, 0.25) is 5.91 Å². The van der Waals surface area contributed by atoms with Gasteiger partial charge in [0.25, 0.3) is 0 Å². The Morgan fingerprint density at radius 1 is 0.967 bits per heavy atom. The summed E-state index contributed by atoms with van der Waals surface area (Å²) in [5.74, 6) is 0.719. The fourth-order valence-corrected chi connectivity index (χ4v) is 4.01. The predicted octanol–water partition coefficient (Wildman–Crippen LogP) is 3.03. The van der Waals surface area contributed by atoms with E-state index in [1.54, 1.807) is 0 Å². The van der Waals surface area contributed by atoms with Gasteiger partial charge in [-0.05, 0) is 30.5 Å². The maximum absolute atomic E-state index is 13.0. The average molecular weight is 406 g/mol. The summed E-state index contributed by atoms with van der Waals surface area (Å²) in [5.41, 5.74) is 2.09. The molecular weight excluding hydrogens is 378 g/mol. The molecule has 1 saturated carbocycles. The number of hydrogen-bond acceptors (Lipinski definition) is 3. The van der Waals surface area contributed by atoms with Crippen LogP contribution in [0.1, 0.15) is 37.1 Å². The third-order valence-corrected chi connectivity index (χ3v) is 5.63. The first kappa shape index (κ1) is 19.9. The van der Waals surface area contributed by atoms with E-state index in [4.69, 9.17) is 0 Å². The van der Waals surface area contributed by atoms with E-state index in [1.807, 2.05) is 54.6 Å². The van der Waals surface area contributed by atoms with Crippen molar-refractivity contribution in [1.82, 2.24) is 25.9 Å². The monoisotopic (exact) mass is 405 g/mol. The van der Waals surface area contributed by atoms with Crippen LogP contribution in [0.4, 0.5) is 4.79 Å². The van der Waals surface area contributed by atoms with Crippen molar-refractivity contribution in [3.8, 4) is 0 Å². The molecule has 1 heterocycles. The van der Waals surface area contributed by atoms with Gasteiger partial charge in [-0.15, -0.1) is 0 Å². The van der Waals surface area contributed by atoms with Crippen molar-refractivity contribution < 1.29 is 9.59 Å². The lowest BCUT2D eigenvalue weighted by Crippen LogP contribution is -2.59. The Bertz CT molecular complexity index is 976. The molecule has 30 heavy (non-hydrogen) atoms. The molecule has 156 valence electrons. The van der Waals surface area contributed by atoms with E-state index in [0.717, 1.165) is 35.3 Å². The lowest BCUT2D eigenvalue weighted by atomic mass is 9.96. The number of benzene rings is 2. The number of nitrogens with zero attached hydrogens (tertiary/aromatic N) is 1. The van der Waals surface area contributed by atoms with Crippen LogP contribution in [-0.4, -0.2) is 34.0 Å². The number of rotatable bonds is 7. The first-order chi connectivity index (χ1) is 14.6. The van der Waals surface area contributed by atoms with Gasteiger partial charge in [-0.25, -0.2) is 9.78 Å². The molecule has 7 heteroatoms. The first-order valence-electron chi connectivity index (χ1n) is 10.5. The summed E-state index contributed by atoms with van der Waals surface area (Å²) in [7, 11) is 0. The second-order valence-corrected chi connectivity index (χ2v) is 7.79. The van der Waals surface area contributed by atoms with Gasteiger partial charge in [0.15, 0.2) is 0 Å². The highest BCUT2D eigenvalue weighted by Gasteiger charge is 2.42. The van der Waals surface area contributed by atoms with Gasteiger partial charge in [-0.3, -0.25) is 4.79 Å². The van der Waals surface area contributed by atoms with Gasteiger partial charge < -0.3 is 20.9 Å². The van der Waals surface area contributed by atoms with Crippen LogP contribution in [0.25, 0.3) is 11.0 Å². The number of imidazole rings is 1. The van der Waals surface area contributed by atoms with Gasteiger partial charge in [0, 0.05) is 19.5 Å². The topological polar surface area (TPSA) is 98.9 Å². The number of hydrogen-bond donors (Lipinski definition) is 4. The van der Waals surface area contributed by atoms with Gasteiger partial charge in [-0.2, -0.15) is 0 Å². The molecule has 4 rings (SSSR count). The number of amides is 3. The van der Waals surface area contributed by atoms with E-state index in [1.165, 1.54) is 0 Å². The summed E-state index contributed by atoms with van der Waals surface area (Å²) in [4.78, 5) is 33.2. The second-order valence-electron chi connectivity index (χ2n) is 7.79. The number of fused-ring (bicyclic) bond motifs is 1. The number of nitrogens with one attached hydrogen (secondary N) is 4. The Morgan fingerprint density at radius 3 is 2.47 bits per heavy atom. The largest absolute Gasteiger partial charge is 0.354 e. The van der Waals surface area contributed by atoms with Gasteiger partial charge in [0.1, 0.15) is 11.4 Å². The molecule has 0 spiro atoms. The molecular formula is C23H27N5O2. The quantitative estimate of drug-likeness (QED) is 0.486. The molecule has 1 aliphatic rings. The van der Waals surface area contributed by atoms with Gasteiger partial charge in [0.05, 0.1) is 11.0 Å². The molecule has 0 aliphatic heterocycles. The fourth-order valence-electron chi connectivity index (χ4n) is 4.01. The van der Waals surface area contributed by atoms with Crippen LogP contribution in [-0.2, 0) is 17.8 Å². The van der Waals surface area contributed by atoms with Gasteiger partial charge in [-0.1, -0.05) is 55.3 Å². The van der Waals surface area contributed by atoms with Crippen LogP contribution in [0, 0.1) is 0 Å². The molecule has 2 aromatic carbocycles. The Balaban J connectivity index is 1.30. The van der Waals surface area contributed by atoms with E-state index in [0.29, 0.717) is 32.4 Å². The summed E-state index contributed by atoms with van der Waals surface area (Å²) in [6.07, 6.45) is 3.77. The van der Waals surface area contributed by atoms with E-state index >= 15 is 0 Å². The third kappa shape index (κ3) is 4.62. The van der Waals surface area contributed by atoms with Crippen LogP contribution in [0.15, 0.2) is 54.6 Å². The minimum absolute atomic E-state index is 0.119. The first-order valence-corrected chi connectivity index (χ1v) is 10.5. The molecule has 1 aliphatic carbocycles. The molecule has 0 saturated heterocycles. The summed E-state index contributed by atoms with van der Waals surface area (Å²) < 4.78 is 0. The SMILES string of the molecule is O=C(NCc1ccccc1)NC1(C(=O)NCCc2nc3ccccc3[nH]2)CCCC1. The highest BCUT2D eigenvalue weighted by atomic mass is 16.2. The number of urea groups is 1. The van der Waals surface area contributed by atoms with Crippen LogP contribution in [0.5, 0.6) is 0 Å². The molecule has 0 unspecified atom stereocenters. The van der Waals surface area contributed by atoms with Crippen molar-refractivity contribution in [2.75, 3.05) is 6.54 Å². The zero-order chi connectivity index (χ0) is 20.8. The standard InChI is InChI=1S/C23H27N5O2/c29-21(24-15-12-20-26-18-10-4-5-11-19(18)27-20)23(13-6-7-14-23)28-22(30)25-16-17-8-2-1-3-9-17/h1-5,8-11H,6-7,12-16H2,(H,24,29)(H,26,27)(H2,25,28,30). The smallest absolute Gasteiger partial charge is 0.315 e. The van der Waals surface area contributed by atoms with Crippen molar-refractivity contribution in [1.29, 1.82) is 0 Å². The highest BCUT2D eigenvalue weighted by molar-refractivity contribution is 5.91. The third-order valence-electron chi connectivity index (χ3n) is 5.63. The molecule has 0 bridgehead atoms. The summed E-state index contributed by atoms with van der Waals surface area (Å²) in [6.45, 7) is 0.893. The summed E-state index contributed by atoms with van der Waals surface area (Å²) >= 11 is 0. The van der Waals surface area contributed by atoms with Crippen molar-refractivity contribution >= 4 is 23.0 Å². The van der Waals surface area contributed by atoms with Crippen LogP contribution >= 0.6 is 0 Å². The van der Waals surface area contributed by atoms with Crippen molar-refractivity contribution in [2.24, 2.45) is 0 Å². The minimum atomic E-state index is -0.839. The van der Waals surface area contributed by atoms with Crippen molar-refractivity contribution in [3.63, 3.8) is 0 Å². The molecule has 7 nitrogen and oxygen atoms in total. The average Bonchev–Trinajstić information content (AvgIpc) is 3.40. The number of carbonyl (C=O) groups is 2. The normalized spacial score (nSPS) is 15.1. The van der Waals surface area contributed by atoms with E-state index in [-0.39, 0.29) is 11.9 Å². The molecule has 3 aromatic rings.